The Morgan fingerprint density at radius 3 is 2.58 bits per heavy atom. The third-order valence-corrected chi connectivity index (χ3v) is 5.52. The molecule has 0 saturated carbocycles. The molecule has 2 aromatic carbocycles. The molecule has 0 spiro atoms. The zero-order valence-corrected chi connectivity index (χ0v) is 18.2. The lowest BCUT2D eigenvalue weighted by atomic mass is 9.99. The van der Waals surface area contributed by atoms with E-state index in [1.54, 1.807) is 29.3 Å². The molecule has 0 bridgehead atoms. The van der Waals surface area contributed by atoms with Crippen LogP contribution in [0.3, 0.4) is 0 Å². The Labute approximate surface area is 181 Å². The largest absolute Gasteiger partial charge is 0.396 e. The van der Waals surface area contributed by atoms with Crippen molar-refractivity contribution in [2.24, 2.45) is 7.05 Å². The fraction of sp³-hybridized carbons (Fsp3) is 0.208. The third kappa shape index (κ3) is 4.21. The van der Waals surface area contributed by atoms with E-state index in [-0.39, 0.29) is 5.91 Å². The maximum Gasteiger partial charge on any atom is 0.257 e. The van der Waals surface area contributed by atoms with E-state index in [1.165, 1.54) is 16.7 Å². The van der Waals surface area contributed by atoms with Crippen LogP contribution < -0.4 is 11.1 Å². The van der Waals surface area contributed by atoms with Gasteiger partial charge in [0.1, 0.15) is 0 Å². The van der Waals surface area contributed by atoms with Gasteiger partial charge in [-0.3, -0.25) is 14.8 Å². The fourth-order valence-corrected chi connectivity index (χ4v) is 3.65. The molecule has 0 radical (unpaired) electrons. The predicted molar refractivity (Wildman–Crippen MR) is 123 cm³/mol. The molecule has 0 atom stereocenters. The highest BCUT2D eigenvalue weighted by atomic mass is 16.1. The summed E-state index contributed by atoms with van der Waals surface area (Å²) in [7, 11) is 1.91. The minimum absolute atomic E-state index is 0.209. The van der Waals surface area contributed by atoms with Crippen molar-refractivity contribution in [1.82, 2.24) is 19.3 Å². The first-order chi connectivity index (χ1) is 14.8. The molecule has 7 nitrogen and oxygen atoms in total. The number of rotatable bonds is 5. The van der Waals surface area contributed by atoms with Gasteiger partial charge in [-0.25, -0.2) is 4.98 Å². The number of imidazole rings is 1. The number of nitrogens with two attached hydrogens (primary N) is 1. The molecule has 3 N–H and O–H groups in total. The highest BCUT2D eigenvalue weighted by Gasteiger charge is 2.15. The second kappa shape index (κ2) is 8.10. The number of nitrogen functional groups attached to an aromatic ring is 1. The Hall–Kier alpha value is -3.87. The number of benzene rings is 2. The third-order valence-electron chi connectivity index (χ3n) is 5.52. The summed E-state index contributed by atoms with van der Waals surface area (Å²) in [5, 5.41) is 7.12. The quantitative estimate of drug-likeness (QED) is 0.515. The maximum absolute atomic E-state index is 12.9. The summed E-state index contributed by atoms with van der Waals surface area (Å²) in [6, 6.07) is 11.8. The molecule has 0 aliphatic carbocycles. The number of hydrogen-bond acceptors (Lipinski definition) is 4. The summed E-state index contributed by atoms with van der Waals surface area (Å²) >= 11 is 0. The zero-order valence-electron chi connectivity index (χ0n) is 18.2. The number of carbonyl (C=O) groups is 1. The van der Waals surface area contributed by atoms with Gasteiger partial charge in [-0.2, -0.15) is 5.10 Å². The summed E-state index contributed by atoms with van der Waals surface area (Å²) in [6.07, 6.45) is 5.16. The van der Waals surface area contributed by atoms with Gasteiger partial charge in [-0.15, -0.1) is 0 Å². The van der Waals surface area contributed by atoms with E-state index < -0.39 is 0 Å². The lowest BCUT2D eigenvalue weighted by molar-refractivity contribution is 0.102. The Kier molecular flexibility index (Phi) is 5.33. The number of amides is 1. The van der Waals surface area contributed by atoms with E-state index in [1.807, 2.05) is 29.8 Å². The van der Waals surface area contributed by atoms with Gasteiger partial charge in [-0.05, 0) is 61.2 Å². The van der Waals surface area contributed by atoms with Crippen molar-refractivity contribution in [3.05, 3.63) is 82.8 Å². The van der Waals surface area contributed by atoms with Crippen LogP contribution >= 0.6 is 0 Å². The smallest absolute Gasteiger partial charge is 0.257 e. The molecule has 158 valence electrons. The van der Waals surface area contributed by atoms with Crippen LogP contribution in [0.25, 0.3) is 11.3 Å². The highest BCUT2D eigenvalue weighted by molar-refractivity contribution is 6.03. The maximum atomic E-state index is 12.9. The second-order valence-corrected chi connectivity index (χ2v) is 7.90. The molecule has 4 aromatic rings. The number of nitrogens with one attached hydrogen (secondary N) is 1. The molecule has 31 heavy (non-hydrogen) atoms. The van der Waals surface area contributed by atoms with Gasteiger partial charge in [-0.1, -0.05) is 18.2 Å². The topological polar surface area (TPSA) is 90.8 Å². The monoisotopic (exact) mass is 414 g/mol. The van der Waals surface area contributed by atoms with Gasteiger partial charge in [0.2, 0.25) is 5.95 Å². The zero-order chi connectivity index (χ0) is 22.1. The first-order valence-corrected chi connectivity index (χ1v) is 10.1. The van der Waals surface area contributed by atoms with Crippen LogP contribution in [0.4, 0.5) is 11.6 Å². The Morgan fingerprint density at radius 1 is 1.06 bits per heavy atom. The normalized spacial score (nSPS) is 11.0. The fourth-order valence-electron chi connectivity index (χ4n) is 3.65. The second-order valence-electron chi connectivity index (χ2n) is 7.90. The lowest BCUT2D eigenvalue weighted by Crippen LogP contribution is -2.15. The number of anilines is 2. The van der Waals surface area contributed by atoms with E-state index in [2.05, 4.69) is 48.3 Å². The van der Waals surface area contributed by atoms with Crippen LogP contribution in [0.1, 0.15) is 32.6 Å². The molecule has 2 heterocycles. The standard InChI is InChI=1S/C24H26N6O/c1-15-8-17(3)21(9-16(15)2)22-12-26-24(29(22)4)28-23(31)19-7-5-6-18(10-19)13-30-14-20(25)11-27-30/h5-12,14H,13,25H2,1-4H3,(H,26,28,31). The highest BCUT2D eigenvalue weighted by Crippen LogP contribution is 2.28. The van der Waals surface area contributed by atoms with Gasteiger partial charge in [0, 0.05) is 24.4 Å². The Balaban J connectivity index is 1.55. The van der Waals surface area contributed by atoms with Crippen molar-refractivity contribution >= 4 is 17.5 Å². The van der Waals surface area contributed by atoms with E-state index in [0.29, 0.717) is 23.7 Å². The minimum atomic E-state index is -0.209. The average Bonchev–Trinajstić information content (AvgIpc) is 3.30. The molecule has 0 unspecified atom stereocenters. The molecular weight excluding hydrogens is 388 g/mol. The molecule has 0 aliphatic rings. The van der Waals surface area contributed by atoms with Gasteiger partial charge < -0.3 is 10.3 Å². The van der Waals surface area contributed by atoms with Crippen LogP contribution in [-0.2, 0) is 13.6 Å². The molecular formula is C24H26N6O. The van der Waals surface area contributed by atoms with E-state index >= 15 is 0 Å². The average molecular weight is 415 g/mol. The first kappa shape index (κ1) is 20.4. The minimum Gasteiger partial charge on any atom is -0.396 e. The van der Waals surface area contributed by atoms with Crippen molar-refractivity contribution in [3.8, 4) is 11.3 Å². The summed E-state index contributed by atoms with van der Waals surface area (Å²) < 4.78 is 3.65. The molecule has 2 aromatic heterocycles. The molecule has 1 amide bonds. The summed E-state index contributed by atoms with van der Waals surface area (Å²) in [5.41, 5.74) is 13.6. The van der Waals surface area contributed by atoms with Crippen LogP contribution in [-0.4, -0.2) is 25.2 Å². The van der Waals surface area contributed by atoms with Crippen LogP contribution in [0.2, 0.25) is 0 Å². The van der Waals surface area contributed by atoms with Gasteiger partial charge in [0.15, 0.2) is 0 Å². The van der Waals surface area contributed by atoms with Gasteiger partial charge in [0.25, 0.3) is 5.91 Å². The van der Waals surface area contributed by atoms with E-state index in [4.69, 9.17) is 5.73 Å². The molecule has 7 heteroatoms. The molecule has 0 aliphatic heterocycles. The van der Waals surface area contributed by atoms with Gasteiger partial charge >= 0.3 is 0 Å². The van der Waals surface area contributed by atoms with Crippen molar-refractivity contribution < 1.29 is 4.79 Å². The molecule has 4 rings (SSSR count). The van der Waals surface area contributed by atoms with Gasteiger partial charge in [0.05, 0.1) is 30.3 Å². The summed E-state index contributed by atoms with van der Waals surface area (Å²) in [4.78, 5) is 17.3. The van der Waals surface area contributed by atoms with E-state index in [0.717, 1.165) is 16.8 Å². The van der Waals surface area contributed by atoms with Crippen molar-refractivity contribution in [3.63, 3.8) is 0 Å². The summed E-state index contributed by atoms with van der Waals surface area (Å²) in [6.45, 7) is 6.83. The van der Waals surface area contributed by atoms with Crippen LogP contribution in [0.15, 0.2) is 55.0 Å². The summed E-state index contributed by atoms with van der Waals surface area (Å²) in [5.74, 6) is 0.293. The Morgan fingerprint density at radius 2 is 1.84 bits per heavy atom. The van der Waals surface area contributed by atoms with Crippen LogP contribution in [0.5, 0.6) is 0 Å². The number of nitrogens with zero attached hydrogens (tertiary/aromatic N) is 4. The van der Waals surface area contributed by atoms with E-state index in [9.17, 15) is 4.79 Å². The molecule has 0 saturated heterocycles. The van der Waals surface area contributed by atoms with Crippen LogP contribution in [0, 0.1) is 20.8 Å². The predicted octanol–water partition coefficient (Wildman–Crippen LogP) is 4.09. The SMILES string of the molecule is Cc1cc(C)c(-c2cnc(NC(=O)c3cccc(Cn4cc(N)cn4)c3)n2C)cc1C. The van der Waals surface area contributed by atoms with Crippen molar-refractivity contribution in [2.45, 2.75) is 27.3 Å². The Bertz CT molecular complexity index is 1270. The molecule has 0 fully saturated rings. The number of aromatic nitrogens is 4. The first-order valence-electron chi connectivity index (χ1n) is 10.1. The lowest BCUT2D eigenvalue weighted by Gasteiger charge is -2.12. The number of carbonyl (C=O) groups excluding carboxylic acids is 1. The van der Waals surface area contributed by atoms with Crippen molar-refractivity contribution in [1.29, 1.82) is 0 Å². The number of hydrogen-bond donors (Lipinski definition) is 2. The number of aryl methyl sites for hydroxylation is 3. The van der Waals surface area contributed by atoms with Crippen molar-refractivity contribution in [2.75, 3.05) is 11.1 Å².